The molecule has 3 rings (SSSR count). The van der Waals surface area contributed by atoms with Gasteiger partial charge in [-0.3, -0.25) is 0 Å². The van der Waals surface area contributed by atoms with E-state index in [0.29, 0.717) is 11.8 Å². The lowest BCUT2D eigenvalue weighted by molar-refractivity contribution is 0.126. The highest BCUT2D eigenvalue weighted by molar-refractivity contribution is 5.39. The molecule has 98 valence electrons. The van der Waals surface area contributed by atoms with Gasteiger partial charge in [0.1, 0.15) is 5.75 Å². The zero-order valence-corrected chi connectivity index (χ0v) is 10.9. The van der Waals surface area contributed by atoms with Gasteiger partial charge in [0.25, 0.3) is 0 Å². The first-order valence-electron chi connectivity index (χ1n) is 6.86. The van der Waals surface area contributed by atoms with Gasteiger partial charge in [-0.1, -0.05) is 18.2 Å². The summed E-state index contributed by atoms with van der Waals surface area (Å²) in [7, 11) is 0. The van der Waals surface area contributed by atoms with Gasteiger partial charge in [-0.15, -0.1) is 0 Å². The summed E-state index contributed by atoms with van der Waals surface area (Å²) < 4.78 is 5.72. The van der Waals surface area contributed by atoms with E-state index in [1.807, 2.05) is 13.0 Å². The molecule has 0 bridgehead atoms. The van der Waals surface area contributed by atoms with Crippen molar-refractivity contribution in [1.82, 2.24) is 4.90 Å². The first-order valence-corrected chi connectivity index (χ1v) is 6.86. The van der Waals surface area contributed by atoms with Crippen LogP contribution in [0.2, 0.25) is 0 Å². The fourth-order valence-electron chi connectivity index (χ4n) is 3.11. The van der Waals surface area contributed by atoms with E-state index in [0.717, 1.165) is 38.4 Å². The predicted octanol–water partition coefficient (Wildman–Crippen LogP) is 1.87. The summed E-state index contributed by atoms with van der Waals surface area (Å²) >= 11 is 0. The van der Waals surface area contributed by atoms with Crippen LogP contribution in [0.5, 0.6) is 5.75 Å². The van der Waals surface area contributed by atoms with Crippen LogP contribution in [0.1, 0.15) is 24.8 Å². The topological polar surface area (TPSA) is 32.7 Å². The van der Waals surface area contributed by atoms with Gasteiger partial charge in [-0.25, -0.2) is 0 Å². The normalized spacial score (nSPS) is 29.0. The van der Waals surface area contributed by atoms with Crippen LogP contribution in [0.3, 0.4) is 0 Å². The highest BCUT2D eigenvalue weighted by atomic mass is 16.5. The van der Waals surface area contributed by atoms with Gasteiger partial charge < -0.3 is 14.7 Å². The number of fused-ring (bicyclic) bond motifs is 1. The van der Waals surface area contributed by atoms with Crippen molar-refractivity contribution in [3.8, 4) is 5.75 Å². The summed E-state index contributed by atoms with van der Waals surface area (Å²) in [6.07, 6.45) is 0.939. The van der Waals surface area contributed by atoms with Crippen LogP contribution in [0.4, 0.5) is 0 Å². The lowest BCUT2D eigenvalue weighted by Gasteiger charge is -2.20. The number of para-hydroxylation sites is 1. The number of nitrogens with zero attached hydrogens (tertiary/aromatic N) is 1. The van der Waals surface area contributed by atoms with Gasteiger partial charge in [0, 0.05) is 24.6 Å². The molecular weight excluding hydrogens is 226 g/mol. The molecule has 2 aliphatic heterocycles. The number of ether oxygens (including phenoxy) is 1. The summed E-state index contributed by atoms with van der Waals surface area (Å²) in [5, 5.41) is 9.64. The van der Waals surface area contributed by atoms with Gasteiger partial charge >= 0.3 is 0 Å². The van der Waals surface area contributed by atoms with Crippen molar-refractivity contribution in [2.45, 2.75) is 25.4 Å². The highest BCUT2D eigenvalue weighted by Gasteiger charge is 2.30. The predicted molar refractivity (Wildman–Crippen MR) is 70.9 cm³/mol. The summed E-state index contributed by atoms with van der Waals surface area (Å²) in [4.78, 5) is 2.47. The second-order valence-corrected chi connectivity index (χ2v) is 5.59. The molecule has 3 unspecified atom stereocenters. The third kappa shape index (κ3) is 2.25. The number of hydrogen-bond donors (Lipinski definition) is 1. The molecule has 1 saturated heterocycles. The zero-order chi connectivity index (χ0) is 12.5. The van der Waals surface area contributed by atoms with Crippen LogP contribution in [0, 0.1) is 5.92 Å². The molecule has 0 radical (unpaired) electrons. The van der Waals surface area contributed by atoms with E-state index in [1.165, 1.54) is 5.56 Å². The molecule has 0 spiro atoms. The van der Waals surface area contributed by atoms with Crippen molar-refractivity contribution in [2.24, 2.45) is 5.92 Å². The molecule has 0 aromatic heterocycles. The monoisotopic (exact) mass is 247 g/mol. The molecule has 0 aliphatic carbocycles. The second-order valence-electron chi connectivity index (χ2n) is 5.59. The van der Waals surface area contributed by atoms with Crippen molar-refractivity contribution in [2.75, 3.05) is 26.2 Å². The Kier molecular flexibility index (Phi) is 3.27. The van der Waals surface area contributed by atoms with E-state index in [-0.39, 0.29) is 6.10 Å². The third-order valence-electron chi connectivity index (χ3n) is 4.27. The van der Waals surface area contributed by atoms with E-state index < -0.39 is 0 Å². The fraction of sp³-hybridized carbons (Fsp3) is 0.600. The number of rotatable bonds is 3. The molecule has 3 nitrogen and oxygen atoms in total. The summed E-state index contributed by atoms with van der Waals surface area (Å²) in [5.74, 6) is 1.99. The number of hydrogen-bond acceptors (Lipinski definition) is 3. The largest absolute Gasteiger partial charge is 0.493 e. The average Bonchev–Trinajstić information content (AvgIpc) is 2.98. The van der Waals surface area contributed by atoms with Crippen molar-refractivity contribution >= 4 is 0 Å². The Bertz CT molecular complexity index is 419. The van der Waals surface area contributed by atoms with Crippen molar-refractivity contribution in [1.29, 1.82) is 0 Å². The minimum atomic E-state index is -0.179. The molecular formula is C15H21NO2. The molecule has 1 N–H and O–H groups in total. The molecule has 1 aromatic carbocycles. The number of likely N-dealkylation sites (tertiary alicyclic amines) is 1. The minimum absolute atomic E-state index is 0.179. The lowest BCUT2D eigenvalue weighted by Crippen LogP contribution is -2.29. The standard InChI is InChI=1S/C15H21NO2/c1-11(17)12-6-7-16(8-12)9-13-10-18-15-5-3-2-4-14(13)15/h2-5,11-13,17H,6-10H2,1H3. The molecule has 3 atom stereocenters. The van der Waals surface area contributed by atoms with Crippen molar-refractivity contribution in [3.05, 3.63) is 29.8 Å². The molecule has 2 heterocycles. The third-order valence-corrected chi connectivity index (χ3v) is 4.27. The molecule has 0 amide bonds. The Morgan fingerprint density at radius 1 is 1.44 bits per heavy atom. The maximum Gasteiger partial charge on any atom is 0.122 e. The Morgan fingerprint density at radius 2 is 2.28 bits per heavy atom. The Hall–Kier alpha value is -1.06. The minimum Gasteiger partial charge on any atom is -0.493 e. The maximum absolute atomic E-state index is 9.64. The Balaban J connectivity index is 1.62. The highest BCUT2D eigenvalue weighted by Crippen LogP contribution is 2.34. The van der Waals surface area contributed by atoms with E-state index in [9.17, 15) is 5.11 Å². The Labute approximate surface area is 108 Å². The number of aliphatic hydroxyl groups excluding tert-OH is 1. The first kappa shape index (κ1) is 12.0. The van der Waals surface area contributed by atoms with E-state index in [1.54, 1.807) is 0 Å². The lowest BCUT2D eigenvalue weighted by atomic mass is 10.0. The summed E-state index contributed by atoms with van der Waals surface area (Å²) in [6, 6.07) is 8.34. The van der Waals surface area contributed by atoms with Gasteiger partial charge in [-0.05, 0) is 31.9 Å². The second kappa shape index (κ2) is 4.90. The van der Waals surface area contributed by atoms with Crippen LogP contribution < -0.4 is 4.74 Å². The number of benzene rings is 1. The fourth-order valence-corrected chi connectivity index (χ4v) is 3.11. The molecule has 1 aromatic rings. The number of aliphatic hydroxyl groups is 1. The summed E-state index contributed by atoms with van der Waals surface area (Å²) in [5.41, 5.74) is 1.35. The molecule has 1 fully saturated rings. The average molecular weight is 247 g/mol. The molecule has 18 heavy (non-hydrogen) atoms. The molecule has 2 aliphatic rings. The van der Waals surface area contributed by atoms with Gasteiger partial charge in [0.05, 0.1) is 12.7 Å². The Morgan fingerprint density at radius 3 is 3.06 bits per heavy atom. The SMILES string of the molecule is CC(O)C1CCN(CC2COc3ccccc32)C1. The van der Waals surface area contributed by atoms with Crippen LogP contribution in [0.15, 0.2) is 24.3 Å². The van der Waals surface area contributed by atoms with Crippen LogP contribution in [0.25, 0.3) is 0 Å². The van der Waals surface area contributed by atoms with Crippen LogP contribution >= 0.6 is 0 Å². The van der Waals surface area contributed by atoms with Gasteiger partial charge in [-0.2, -0.15) is 0 Å². The quantitative estimate of drug-likeness (QED) is 0.885. The smallest absolute Gasteiger partial charge is 0.122 e. The van der Waals surface area contributed by atoms with Crippen molar-refractivity contribution < 1.29 is 9.84 Å². The van der Waals surface area contributed by atoms with Gasteiger partial charge in [0.15, 0.2) is 0 Å². The summed E-state index contributed by atoms with van der Waals surface area (Å²) in [6.45, 7) is 5.89. The molecule has 0 saturated carbocycles. The maximum atomic E-state index is 9.64. The van der Waals surface area contributed by atoms with E-state index in [4.69, 9.17) is 4.74 Å². The van der Waals surface area contributed by atoms with E-state index in [2.05, 4.69) is 23.1 Å². The molecule has 3 heteroatoms. The first-order chi connectivity index (χ1) is 8.74. The zero-order valence-electron chi connectivity index (χ0n) is 10.9. The van der Waals surface area contributed by atoms with Crippen molar-refractivity contribution in [3.63, 3.8) is 0 Å². The van der Waals surface area contributed by atoms with Crippen LogP contribution in [-0.2, 0) is 0 Å². The van der Waals surface area contributed by atoms with Gasteiger partial charge in [0.2, 0.25) is 0 Å². The van der Waals surface area contributed by atoms with E-state index >= 15 is 0 Å². The van der Waals surface area contributed by atoms with Crippen LogP contribution in [-0.4, -0.2) is 42.4 Å².